The van der Waals surface area contributed by atoms with Crippen molar-refractivity contribution in [1.29, 1.82) is 0 Å². The molecule has 0 atom stereocenters. The fourth-order valence-electron chi connectivity index (χ4n) is 7.54. The van der Waals surface area contributed by atoms with E-state index >= 15 is 0 Å². The van der Waals surface area contributed by atoms with E-state index in [-0.39, 0.29) is 12.9 Å². The number of benzene rings is 4. The molecule has 0 amide bonds. The van der Waals surface area contributed by atoms with Crippen LogP contribution in [0.3, 0.4) is 0 Å². The van der Waals surface area contributed by atoms with Gasteiger partial charge in [0.1, 0.15) is 0 Å². The average molecular weight is 1570 g/mol. The van der Waals surface area contributed by atoms with Crippen LogP contribution in [0.25, 0.3) is 0 Å². The molecule has 1 fully saturated rings. The van der Waals surface area contributed by atoms with Crippen LogP contribution in [0.2, 0.25) is 0 Å². The van der Waals surface area contributed by atoms with Crippen molar-refractivity contribution in [3.8, 4) is 11.5 Å². The van der Waals surface area contributed by atoms with E-state index in [1.807, 2.05) is 80.8 Å². The molecule has 598 valence electrons. The van der Waals surface area contributed by atoms with Crippen LogP contribution in [0.1, 0.15) is 121 Å². The van der Waals surface area contributed by atoms with E-state index in [1.165, 1.54) is 70.9 Å². The third kappa shape index (κ3) is 93.8. The summed E-state index contributed by atoms with van der Waals surface area (Å²) in [7, 11) is 13.0. The van der Waals surface area contributed by atoms with Gasteiger partial charge in [0.25, 0.3) is 0 Å². The van der Waals surface area contributed by atoms with Gasteiger partial charge in [-0.1, -0.05) is 150 Å². The Bertz CT molecular complexity index is 2090. The molecule has 1 aliphatic heterocycles. The number of unbranched alkanes of at least 4 members (excludes halogenated alkanes) is 6. The van der Waals surface area contributed by atoms with Crippen LogP contribution in [-0.4, -0.2) is 235 Å². The highest BCUT2D eigenvalue weighted by Gasteiger charge is 2.13. The number of halogens is 1. The molecular weight excluding hydrogens is 1410 g/mol. The van der Waals surface area contributed by atoms with E-state index in [9.17, 15) is 0 Å². The summed E-state index contributed by atoms with van der Waals surface area (Å²) in [6.07, 6.45) is 15.8. The van der Waals surface area contributed by atoms with Crippen molar-refractivity contribution < 1.29 is 57.6 Å². The van der Waals surface area contributed by atoms with Crippen molar-refractivity contribution in [2.24, 2.45) is 50.6 Å². The number of nitrogens with zero attached hydrogens (tertiary/aromatic N) is 3. The van der Waals surface area contributed by atoms with Crippen molar-refractivity contribution in [2.75, 3.05) is 214 Å². The molecule has 1 aliphatic rings. The van der Waals surface area contributed by atoms with Crippen LogP contribution >= 0.6 is 22.6 Å². The molecule has 0 unspecified atom stereocenters. The molecule has 19 N–H and O–H groups in total. The van der Waals surface area contributed by atoms with Gasteiger partial charge >= 0.3 is 0 Å². The Morgan fingerprint density at radius 2 is 1.04 bits per heavy atom. The molecule has 0 aliphatic carbocycles. The van der Waals surface area contributed by atoms with Gasteiger partial charge < -0.3 is 119 Å². The number of aliphatic hydroxyl groups excluding tert-OH is 2. The zero-order valence-electron chi connectivity index (χ0n) is 65.4. The molecule has 0 spiro atoms. The minimum absolute atomic E-state index is 0.0833. The Kier molecular flexibility index (Phi) is 105. The van der Waals surface area contributed by atoms with Gasteiger partial charge in [0, 0.05) is 50.0 Å². The predicted octanol–water partition coefficient (Wildman–Crippen LogP) is 8.48. The summed E-state index contributed by atoms with van der Waals surface area (Å²) in [5, 5.41) is 32.5. The maximum Gasteiger partial charge on any atom is 0.160 e. The molecule has 5 rings (SSSR count). The van der Waals surface area contributed by atoms with Crippen LogP contribution in [0.15, 0.2) is 113 Å². The molecule has 4 aromatic carbocycles. The van der Waals surface area contributed by atoms with Gasteiger partial charge in [-0.25, -0.2) is 0 Å². The summed E-state index contributed by atoms with van der Waals surface area (Å²) in [6, 6.07) is 34.8. The Labute approximate surface area is 633 Å². The van der Waals surface area contributed by atoms with Crippen LogP contribution in [-0.2, 0) is 63.8 Å². The summed E-state index contributed by atoms with van der Waals surface area (Å²) < 4.78 is 51.9. The fraction of sp³-hybridized carbons (Fsp3) is 0.684. The number of aryl methyl sites for hydroxylation is 1. The first kappa shape index (κ1) is 109. The number of hydrogen-bond acceptors (Lipinski definition) is 24. The van der Waals surface area contributed by atoms with Crippen molar-refractivity contribution >= 4 is 22.6 Å². The SMILES string of the molecule is CCCC1OCCO1.CCCCCCCCNC.CCNCCCCO.CCc1ccc(I)cc1.CN(C)CCCN.CNCc1ccccc1.COCCOCCN.COc1ccc(CCN)cc1OC.NCCOCCO.NCCOCCOCCOCCN=NN.NCc1ccccc1. The summed E-state index contributed by atoms with van der Waals surface area (Å²) in [4.78, 5) is 2.13. The van der Waals surface area contributed by atoms with E-state index in [4.69, 9.17) is 97.8 Å². The van der Waals surface area contributed by atoms with Gasteiger partial charge in [-0.05, 0) is 182 Å². The smallest absolute Gasteiger partial charge is 0.160 e. The third-order valence-electron chi connectivity index (χ3n) is 12.9. The number of rotatable bonds is 45. The van der Waals surface area contributed by atoms with Crippen molar-refractivity contribution in [1.82, 2.24) is 20.9 Å². The maximum atomic E-state index is 8.34. The summed E-state index contributed by atoms with van der Waals surface area (Å²) >= 11 is 2.31. The zero-order valence-corrected chi connectivity index (χ0v) is 67.6. The summed E-state index contributed by atoms with van der Waals surface area (Å²) in [5.41, 5.74) is 36.6. The van der Waals surface area contributed by atoms with Crippen LogP contribution in [0.5, 0.6) is 11.5 Å². The molecule has 1 heterocycles. The lowest BCUT2D eigenvalue weighted by molar-refractivity contribution is -0.0468. The number of methoxy groups -OCH3 is 3. The topological polar surface area (TPSA) is 379 Å². The number of nitrogens with two attached hydrogens (primary N) is 7. The second kappa shape index (κ2) is 98.9. The first-order chi connectivity index (χ1) is 49.8. The highest BCUT2D eigenvalue weighted by atomic mass is 127. The monoisotopic (exact) mass is 1560 g/mol. The van der Waals surface area contributed by atoms with Crippen LogP contribution < -0.4 is 65.7 Å². The van der Waals surface area contributed by atoms with Crippen molar-refractivity contribution in [2.45, 2.75) is 131 Å². The Hall–Kier alpha value is -4.19. The quantitative estimate of drug-likeness (QED) is 0.00648. The zero-order chi connectivity index (χ0) is 77.1. The molecule has 26 heteroatoms. The fourth-order valence-corrected chi connectivity index (χ4v) is 7.90. The van der Waals surface area contributed by atoms with Gasteiger partial charge in [-0.3, -0.25) is 0 Å². The molecular formula is C76H150IN13O12. The molecule has 4 aromatic rings. The molecule has 0 radical (unpaired) electrons. The van der Waals surface area contributed by atoms with Crippen molar-refractivity contribution in [3.63, 3.8) is 0 Å². The summed E-state index contributed by atoms with van der Waals surface area (Å²) in [6.45, 7) is 26.3. The highest BCUT2D eigenvalue weighted by Crippen LogP contribution is 2.27. The molecule has 102 heavy (non-hydrogen) atoms. The lowest BCUT2D eigenvalue weighted by Crippen LogP contribution is -2.16. The first-order valence-corrected chi connectivity index (χ1v) is 37.6. The van der Waals surface area contributed by atoms with Gasteiger partial charge in [-0.2, -0.15) is 5.11 Å². The second-order valence-electron chi connectivity index (χ2n) is 22.1. The molecule has 0 aromatic heterocycles. The van der Waals surface area contributed by atoms with E-state index in [0.717, 1.165) is 102 Å². The standard InChI is InChI=1S/C10H15NO2.C9H21N.C8H9I.C8H20N4O3.C8H11N.C7H9N.C6H15NO.C6H12O2.C5H14N2.C5H13NO2.C4H11NO2/c1-12-9-4-3-8(5-6-11)7-10(9)13-2;1-3-4-5-6-7-8-9-10-2;1-2-7-3-5-8(9)6-4-7;9-1-3-13-5-7-15-8-6-14-4-2-11-12-10;1-9-7-8-5-3-2-4-6-8;8-6-7-4-2-1-3-5-7;1-2-7-5-3-4-6-8;1-2-3-6-7-4-5-8-6;1-7(2)5-3-4-6;1-7-4-5-8-3-2-6;5-1-3-7-4-2-6/h3-4,7H,5-6,11H2,1-2H3;10H,3-9H2,1-2H3;3-6H,2H2,1H3;1-9H2,(H2,10,11);2-6,9H,7H2,1H3;1-5H,6,8H2;7-8H,2-6H2,1H3;6H,2-5H2,1H3;3-6H2,1-2H3;2-6H2,1H3;6H,1-5H2. The molecule has 0 bridgehead atoms. The molecule has 25 nitrogen and oxygen atoms in total. The summed E-state index contributed by atoms with van der Waals surface area (Å²) in [5.74, 6) is 6.32. The Morgan fingerprint density at radius 3 is 1.47 bits per heavy atom. The molecule has 0 saturated carbocycles. The van der Waals surface area contributed by atoms with Gasteiger partial charge in [-0.15, -0.1) is 0 Å². The number of ether oxygens (including phenoxy) is 10. The molecule has 1 saturated heterocycles. The van der Waals surface area contributed by atoms with Gasteiger partial charge in [0.2, 0.25) is 0 Å². The van der Waals surface area contributed by atoms with E-state index in [1.54, 1.807) is 21.3 Å². The number of hydrogen-bond donors (Lipinski definition) is 12. The lowest BCUT2D eigenvalue weighted by atomic mass is 10.1. The normalized spacial score (nSPS) is 10.9. The van der Waals surface area contributed by atoms with E-state index in [0.29, 0.717) is 119 Å². The Balaban J connectivity index is -0.000000251. The minimum Gasteiger partial charge on any atom is -0.493 e. The first-order valence-electron chi connectivity index (χ1n) is 36.6. The Morgan fingerprint density at radius 1 is 0.520 bits per heavy atom. The van der Waals surface area contributed by atoms with Crippen LogP contribution in [0.4, 0.5) is 0 Å². The maximum absolute atomic E-state index is 8.34. The highest BCUT2D eigenvalue weighted by molar-refractivity contribution is 14.1. The third-order valence-corrected chi connectivity index (χ3v) is 13.7. The minimum atomic E-state index is 0.0833. The van der Waals surface area contributed by atoms with E-state index < -0.39 is 0 Å². The predicted molar refractivity (Wildman–Crippen MR) is 434 cm³/mol. The average Bonchev–Trinajstić information content (AvgIpc) is 0.995. The van der Waals surface area contributed by atoms with Crippen LogP contribution in [0, 0.1) is 3.57 Å². The van der Waals surface area contributed by atoms with Gasteiger partial charge in [0.05, 0.1) is 113 Å². The van der Waals surface area contributed by atoms with Crippen molar-refractivity contribution in [3.05, 3.63) is 129 Å². The van der Waals surface area contributed by atoms with Gasteiger partial charge in [0.15, 0.2) is 17.8 Å². The van der Waals surface area contributed by atoms with E-state index in [2.05, 4.69) is 132 Å². The number of aliphatic hydroxyl groups is 2. The largest absolute Gasteiger partial charge is 0.493 e. The second-order valence-corrected chi connectivity index (χ2v) is 23.3. The lowest BCUT2D eigenvalue weighted by Gasteiger charge is -2.08. The number of nitrogens with one attached hydrogen (secondary N) is 3.